The SMILES string of the molecule is C.C.C.C.C.C.C.C.CC.CC.CC(=O)O.[B][C@@H]1NC(=O)C(C)=C1C.[B][C@@H]1NC(=O)C(C)=C1C.[B][C@@H]1NC(=O)C(C)=C1C.[B][C@@H]1NC(=O)C(C)=C1C.[CH3-].[Y]. The van der Waals surface area contributed by atoms with Gasteiger partial charge < -0.3 is 33.8 Å². The van der Waals surface area contributed by atoms with Crippen LogP contribution >= 0.6 is 0 Å². The van der Waals surface area contributed by atoms with Crippen molar-refractivity contribution in [2.75, 3.05) is 0 Å². The second kappa shape index (κ2) is 45.1. The summed E-state index contributed by atoms with van der Waals surface area (Å²) in [4.78, 5) is 52.0. The van der Waals surface area contributed by atoms with Crippen LogP contribution in [-0.2, 0) is 56.7 Å². The van der Waals surface area contributed by atoms with Crippen molar-refractivity contribution >= 4 is 61.0 Å². The normalized spacial score (nSPS) is 18.6. The van der Waals surface area contributed by atoms with E-state index in [1.165, 1.54) is 0 Å². The number of nitrogens with one attached hydrogen (secondary N) is 4. The average Bonchev–Trinajstić information content (AvgIpc) is 3.52. The third-order valence-corrected chi connectivity index (χ3v) is 6.74. The van der Waals surface area contributed by atoms with Gasteiger partial charge in [0, 0.05) is 85.7 Å². The standard InChI is InChI=1S/4C6H8BNO.C2H4O2.2C2H6.8CH4.CH3.Y/c4*1-3-4(2)6(9)8-5(3)7;1-2(3)4;2*1-2;;;;;;;;;;/h4*5H,1-2H3,(H,8,9);1H3,(H,3,4);2*1-2H3;8*1H4;1H3;/q;;;;;;;;;;;;;;;-1;/t4*5-;;;;;;;;;;;;;/m1111............./s1. The number of carbonyl (C=O) groups excluding carboxylic acids is 4. The molecule has 4 aliphatic rings. The molecule has 4 aliphatic heterocycles. The Morgan fingerprint density at radius 3 is 0.556 bits per heavy atom. The van der Waals surface area contributed by atoms with Crippen LogP contribution < -0.4 is 21.3 Å². The molecule has 5 N–H and O–H groups in total. The van der Waals surface area contributed by atoms with E-state index in [1.54, 1.807) is 27.7 Å². The molecule has 0 aromatic heterocycles. The van der Waals surface area contributed by atoms with Gasteiger partial charge in [-0.05, 0) is 55.4 Å². The van der Waals surface area contributed by atoms with Gasteiger partial charge >= 0.3 is 0 Å². The zero-order valence-corrected chi connectivity index (χ0v) is 33.0. The van der Waals surface area contributed by atoms with Crippen LogP contribution in [0.1, 0.15) is 149 Å². The minimum absolute atomic E-state index is 0. The molecular weight excluding hydrogens is 753 g/mol. The van der Waals surface area contributed by atoms with Crippen LogP contribution in [0.25, 0.3) is 0 Å². The van der Waals surface area contributed by atoms with Gasteiger partial charge in [0.25, 0.3) is 5.97 Å². The van der Waals surface area contributed by atoms with E-state index in [0.717, 1.165) is 51.5 Å². The van der Waals surface area contributed by atoms with Crippen molar-refractivity contribution in [3.8, 4) is 0 Å². The van der Waals surface area contributed by atoms with Crippen molar-refractivity contribution in [2.45, 2.75) is 173 Å². The number of rotatable bonds is 0. The number of carbonyl (C=O) groups is 5. The van der Waals surface area contributed by atoms with Gasteiger partial charge in [-0.15, -0.1) is 0 Å². The number of aliphatic carboxylic acids is 1. The van der Waals surface area contributed by atoms with Gasteiger partial charge in [-0.2, -0.15) is 0 Å². The van der Waals surface area contributed by atoms with Crippen molar-refractivity contribution < 1.29 is 61.8 Å². The van der Waals surface area contributed by atoms with E-state index in [-0.39, 0.29) is 147 Å². The van der Waals surface area contributed by atoms with E-state index < -0.39 is 5.97 Å². The molecule has 0 aliphatic carbocycles. The first-order chi connectivity index (χ1) is 20.2. The maximum Gasteiger partial charge on any atom is 0.300 e. The minimum atomic E-state index is -0.833. The van der Waals surface area contributed by atoms with Gasteiger partial charge in [0.1, 0.15) is 31.4 Å². The van der Waals surface area contributed by atoms with Gasteiger partial charge in [-0.25, -0.2) is 0 Å². The fourth-order valence-electron chi connectivity index (χ4n) is 3.08. The number of hydrogen-bond acceptors (Lipinski definition) is 5. The first-order valence-electron chi connectivity index (χ1n) is 14.4. The molecule has 0 unspecified atom stereocenters. The smallest absolute Gasteiger partial charge is 0.300 e. The summed E-state index contributed by atoms with van der Waals surface area (Å²) < 4.78 is 0. The second-order valence-electron chi connectivity index (χ2n) is 9.56. The zero-order chi connectivity index (χ0) is 35.6. The van der Waals surface area contributed by atoms with Crippen LogP contribution in [0.5, 0.6) is 0 Å². The fraction of sp³-hybridized carbons (Fsp3) is 0.641. The summed E-state index contributed by atoms with van der Waals surface area (Å²) in [6.45, 7) is 23.6. The molecule has 0 saturated heterocycles. The molecular formula is C39H83B4N4O6Y-. The number of carboxylic acid groups (broad SMARTS) is 1. The van der Waals surface area contributed by atoms with Gasteiger partial charge in [-0.3, -0.25) is 24.0 Å². The van der Waals surface area contributed by atoms with Crippen LogP contribution in [0.4, 0.5) is 0 Å². The molecule has 0 fully saturated rings. The Morgan fingerprint density at radius 2 is 0.537 bits per heavy atom. The van der Waals surface area contributed by atoms with E-state index in [4.69, 9.17) is 41.3 Å². The summed E-state index contributed by atoms with van der Waals surface area (Å²) in [5.41, 5.74) is 6.79. The monoisotopic (exact) mass is 837 g/mol. The van der Waals surface area contributed by atoms with E-state index in [2.05, 4.69) is 21.3 Å². The molecule has 4 amide bonds. The van der Waals surface area contributed by atoms with Crippen LogP contribution in [0.2, 0.25) is 0 Å². The van der Waals surface area contributed by atoms with E-state index >= 15 is 0 Å². The minimum Gasteiger partial charge on any atom is -0.481 e. The van der Waals surface area contributed by atoms with Crippen molar-refractivity contribution in [1.82, 2.24) is 21.3 Å². The van der Waals surface area contributed by atoms with Crippen LogP contribution in [0, 0.1) is 7.43 Å². The molecule has 0 saturated carbocycles. The molecule has 9 radical (unpaired) electrons. The summed E-state index contributed by atoms with van der Waals surface area (Å²) in [5, 5.41) is 17.7. The Hall–Kier alpha value is -2.33. The quantitative estimate of drug-likeness (QED) is 0.126. The maximum atomic E-state index is 10.7. The first-order valence-corrected chi connectivity index (χ1v) is 14.4. The number of amides is 4. The Labute approximate surface area is 367 Å². The van der Waals surface area contributed by atoms with Crippen molar-refractivity contribution in [2.24, 2.45) is 0 Å². The molecule has 10 nitrogen and oxygen atoms in total. The number of hydrogen-bond donors (Lipinski definition) is 5. The molecule has 0 aromatic carbocycles. The predicted molar refractivity (Wildman–Crippen MR) is 241 cm³/mol. The molecule has 0 spiro atoms. The molecule has 54 heavy (non-hydrogen) atoms. The predicted octanol–water partition coefficient (Wildman–Crippen LogP) is 7.47. The van der Waals surface area contributed by atoms with Crippen molar-refractivity contribution in [3.05, 3.63) is 52.0 Å². The molecule has 4 atom stereocenters. The van der Waals surface area contributed by atoms with Crippen molar-refractivity contribution in [3.63, 3.8) is 0 Å². The average molecular weight is 836 g/mol. The zero-order valence-electron chi connectivity index (χ0n) is 30.2. The Bertz CT molecular complexity index is 1020. The summed E-state index contributed by atoms with van der Waals surface area (Å²) >= 11 is 0. The number of carboxylic acids is 1. The van der Waals surface area contributed by atoms with Gasteiger partial charge in [0.2, 0.25) is 23.6 Å². The summed E-state index contributed by atoms with van der Waals surface area (Å²) in [6, 6.07) is 0. The van der Waals surface area contributed by atoms with Crippen LogP contribution in [-0.4, -0.2) is 89.9 Å². The molecule has 311 valence electrons. The van der Waals surface area contributed by atoms with Crippen LogP contribution in [0.3, 0.4) is 0 Å². The molecule has 0 aromatic rings. The maximum absolute atomic E-state index is 10.7. The van der Waals surface area contributed by atoms with Gasteiger partial charge in [-0.1, -0.05) is 109 Å². The third-order valence-electron chi connectivity index (χ3n) is 6.74. The Kier molecular flexibility index (Phi) is 74.0. The van der Waals surface area contributed by atoms with E-state index in [9.17, 15) is 19.2 Å². The topological polar surface area (TPSA) is 154 Å². The summed E-state index contributed by atoms with van der Waals surface area (Å²) in [6.07, 6.45) is 0. The van der Waals surface area contributed by atoms with Crippen LogP contribution in [0.15, 0.2) is 44.6 Å². The third kappa shape index (κ3) is 30.9. The first kappa shape index (κ1) is 88.7. The molecule has 0 bridgehead atoms. The Balaban J connectivity index is -0.0000000335. The van der Waals surface area contributed by atoms with E-state index in [1.807, 2.05) is 55.4 Å². The largest absolute Gasteiger partial charge is 0.481 e. The van der Waals surface area contributed by atoms with Gasteiger partial charge in [0.15, 0.2) is 0 Å². The fourth-order valence-corrected chi connectivity index (χ4v) is 3.08. The summed E-state index contributed by atoms with van der Waals surface area (Å²) in [7, 11) is 21.9. The van der Waals surface area contributed by atoms with Gasteiger partial charge in [0.05, 0.1) is 0 Å². The summed E-state index contributed by atoms with van der Waals surface area (Å²) in [5.74, 6) is -2.01. The Morgan fingerprint density at radius 1 is 0.444 bits per heavy atom. The molecule has 4 heterocycles. The van der Waals surface area contributed by atoms with Crippen molar-refractivity contribution in [1.29, 1.82) is 0 Å². The molecule has 15 heteroatoms. The van der Waals surface area contributed by atoms with E-state index in [0.29, 0.717) is 0 Å². The second-order valence-corrected chi connectivity index (χ2v) is 9.56. The molecule has 4 rings (SSSR count).